The summed E-state index contributed by atoms with van der Waals surface area (Å²) >= 11 is 0. The molecule has 3 rings (SSSR count). The quantitative estimate of drug-likeness (QED) is 0.814. The van der Waals surface area contributed by atoms with Crippen molar-refractivity contribution in [1.82, 2.24) is 10.2 Å². The minimum absolute atomic E-state index is 0.0176. The summed E-state index contributed by atoms with van der Waals surface area (Å²) in [5, 5.41) is 2.92. The van der Waals surface area contributed by atoms with Gasteiger partial charge in [0.1, 0.15) is 0 Å². The first-order valence-corrected chi connectivity index (χ1v) is 8.89. The van der Waals surface area contributed by atoms with Crippen LogP contribution in [0.2, 0.25) is 0 Å². The van der Waals surface area contributed by atoms with Crippen LogP contribution in [-0.2, 0) is 14.3 Å². The molecule has 5 nitrogen and oxygen atoms in total. The zero-order valence-electron chi connectivity index (χ0n) is 14.2. The molecule has 1 N–H and O–H groups in total. The Hall–Kier alpha value is -1.88. The molecule has 2 aliphatic rings. The molecule has 1 aliphatic heterocycles. The summed E-state index contributed by atoms with van der Waals surface area (Å²) in [6.45, 7) is 3.73. The highest BCUT2D eigenvalue weighted by Crippen LogP contribution is 2.29. The van der Waals surface area contributed by atoms with Crippen LogP contribution in [0.25, 0.3) is 0 Å². The van der Waals surface area contributed by atoms with Gasteiger partial charge in [-0.25, -0.2) is 0 Å². The lowest BCUT2D eigenvalue weighted by Gasteiger charge is -2.39. The Morgan fingerprint density at radius 1 is 1.25 bits per heavy atom. The van der Waals surface area contributed by atoms with Crippen molar-refractivity contribution in [3.63, 3.8) is 0 Å². The van der Waals surface area contributed by atoms with E-state index in [4.69, 9.17) is 4.74 Å². The molecule has 5 heteroatoms. The number of nitrogens with zero attached hydrogens (tertiary/aromatic N) is 1. The minimum atomic E-state index is -0.0176. The van der Waals surface area contributed by atoms with Gasteiger partial charge in [-0.15, -0.1) is 0 Å². The molecule has 1 saturated carbocycles. The number of carbonyl (C=O) groups excluding carboxylic acids is 2. The van der Waals surface area contributed by atoms with Crippen molar-refractivity contribution in [2.75, 3.05) is 19.7 Å². The number of carbonyl (C=O) groups is 2. The number of ether oxygens (including phenoxy) is 1. The number of morpholine rings is 1. The molecule has 24 heavy (non-hydrogen) atoms. The van der Waals surface area contributed by atoms with Gasteiger partial charge in [0.2, 0.25) is 11.8 Å². The molecule has 1 saturated heterocycles. The zero-order chi connectivity index (χ0) is 16.9. The van der Waals surface area contributed by atoms with E-state index in [1.165, 1.54) is 0 Å². The molecule has 0 spiro atoms. The fourth-order valence-corrected chi connectivity index (χ4v) is 3.11. The van der Waals surface area contributed by atoms with Gasteiger partial charge in [0.05, 0.1) is 18.8 Å². The van der Waals surface area contributed by atoms with Gasteiger partial charge >= 0.3 is 0 Å². The second kappa shape index (κ2) is 7.79. The average Bonchev–Trinajstić information content (AvgIpc) is 3.44. The van der Waals surface area contributed by atoms with E-state index in [0.717, 1.165) is 18.4 Å². The number of amides is 2. The number of hydrogen-bond acceptors (Lipinski definition) is 3. The number of benzene rings is 1. The summed E-state index contributed by atoms with van der Waals surface area (Å²) < 4.78 is 5.76. The predicted molar refractivity (Wildman–Crippen MR) is 91.3 cm³/mol. The molecule has 2 atom stereocenters. The Labute approximate surface area is 143 Å². The van der Waals surface area contributed by atoms with Crippen LogP contribution >= 0.6 is 0 Å². The maximum absolute atomic E-state index is 12.7. The first-order valence-electron chi connectivity index (χ1n) is 8.89. The lowest BCUT2D eigenvalue weighted by atomic mass is 10.0. The first kappa shape index (κ1) is 17.0. The summed E-state index contributed by atoms with van der Waals surface area (Å²) in [6.07, 6.45) is 3.22. The molecule has 1 heterocycles. The molecule has 2 unspecified atom stereocenters. The Kier molecular flexibility index (Phi) is 5.51. The van der Waals surface area contributed by atoms with Crippen molar-refractivity contribution in [1.29, 1.82) is 0 Å². The molecular weight excluding hydrogens is 304 g/mol. The molecule has 2 fully saturated rings. The van der Waals surface area contributed by atoms with Gasteiger partial charge in [-0.1, -0.05) is 30.3 Å². The van der Waals surface area contributed by atoms with E-state index < -0.39 is 0 Å². The summed E-state index contributed by atoms with van der Waals surface area (Å²) in [6, 6.07) is 10.0. The van der Waals surface area contributed by atoms with Crippen LogP contribution in [0.3, 0.4) is 0 Å². The molecule has 0 aromatic heterocycles. The average molecular weight is 330 g/mol. The van der Waals surface area contributed by atoms with Crippen molar-refractivity contribution < 1.29 is 14.3 Å². The van der Waals surface area contributed by atoms with Crippen molar-refractivity contribution in [3.05, 3.63) is 35.9 Å². The van der Waals surface area contributed by atoms with Gasteiger partial charge in [-0.05, 0) is 31.7 Å². The van der Waals surface area contributed by atoms with Crippen LogP contribution < -0.4 is 5.32 Å². The van der Waals surface area contributed by atoms with E-state index in [0.29, 0.717) is 32.5 Å². The van der Waals surface area contributed by atoms with Crippen LogP contribution in [-0.4, -0.2) is 42.5 Å². The van der Waals surface area contributed by atoms with Crippen LogP contribution in [0.4, 0.5) is 0 Å². The Balaban J connectivity index is 1.52. The summed E-state index contributed by atoms with van der Waals surface area (Å²) in [7, 11) is 0. The van der Waals surface area contributed by atoms with Crippen LogP contribution in [0.15, 0.2) is 30.3 Å². The fourth-order valence-electron chi connectivity index (χ4n) is 3.11. The molecular formula is C19H26N2O3. The van der Waals surface area contributed by atoms with Crippen molar-refractivity contribution in [2.24, 2.45) is 5.92 Å². The minimum Gasteiger partial charge on any atom is -0.374 e. The standard InChI is InChI=1S/C19H26N2O3/c1-14-12-21(17(13-24-14)15-6-3-2-4-7-15)18(22)8-5-11-20-19(23)16-9-10-16/h2-4,6-7,14,16-17H,5,8-13H2,1H3,(H,20,23). The van der Waals surface area contributed by atoms with Crippen molar-refractivity contribution in [3.8, 4) is 0 Å². The van der Waals surface area contributed by atoms with Gasteiger partial charge in [0.25, 0.3) is 0 Å². The van der Waals surface area contributed by atoms with Crippen molar-refractivity contribution in [2.45, 2.75) is 44.8 Å². The smallest absolute Gasteiger partial charge is 0.223 e. The highest BCUT2D eigenvalue weighted by molar-refractivity contribution is 5.81. The third-order valence-corrected chi connectivity index (χ3v) is 4.69. The SMILES string of the molecule is CC1CN(C(=O)CCCNC(=O)C2CC2)C(c2ccccc2)CO1. The van der Waals surface area contributed by atoms with E-state index >= 15 is 0 Å². The third-order valence-electron chi connectivity index (χ3n) is 4.69. The highest BCUT2D eigenvalue weighted by atomic mass is 16.5. The molecule has 0 radical (unpaired) electrons. The second-order valence-electron chi connectivity index (χ2n) is 6.79. The van der Waals surface area contributed by atoms with Gasteiger partial charge in [-0.3, -0.25) is 9.59 Å². The van der Waals surface area contributed by atoms with Crippen LogP contribution in [0.1, 0.15) is 44.2 Å². The Morgan fingerprint density at radius 2 is 2.00 bits per heavy atom. The van der Waals surface area contributed by atoms with Crippen LogP contribution in [0.5, 0.6) is 0 Å². The first-order chi connectivity index (χ1) is 11.6. The van der Waals surface area contributed by atoms with Crippen LogP contribution in [0, 0.1) is 5.92 Å². The van der Waals surface area contributed by atoms with E-state index in [1.54, 1.807) is 0 Å². The fraction of sp³-hybridized carbons (Fsp3) is 0.579. The lowest BCUT2D eigenvalue weighted by molar-refractivity contribution is -0.144. The monoisotopic (exact) mass is 330 g/mol. The maximum atomic E-state index is 12.7. The Morgan fingerprint density at radius 3 is 2.71 bits per heavy atom. The van der Waals surface area contributed by atoms with Gasteiger partial charge in [0.15, 0.2) is 0 Å². The Bertz CT molecular complexity index is 571. The zero-order valence-corrected chi connectivity index (χ0v) is 14.2. The largest absolute Gasteiger partial charge is 0.374 e. The van der Waals surface area contributed by atoms with Gasteiger partial charge in [-0.2, -0.15) is 0 Å². The van der Waals surface area contributed by atoms with Gasteiger partial charge in [0, 0.05) is 25.4 Å². The van der Waals surface area contributed by atoms with Gasteiger partial charge < -0.3 is 15.0 Å². The molecule has 1 aromatic rings. The third kappa shape index (κ3) is 4.35. The molecule has 0 bridgehead atoms. The summed E-state index contributed by atoms with van der Waals surface area (Å²) in [5.41, 5.74) is 1.11. The van der Waals surface area contributed by atoms with E-state index in [2.05, 4.69) is 5.32 Å². The number of hydrogen-bond donors (Lipinski definition) is 1. The van der Waals surface area contributed by atoms with Crippen molar-refractivity contribution >= 4 is 11.8 Å². The highest BCUT2D eigenvalue weighted by Gasteiger charge is 2.31. The second-order valence-corrected chi connectivity index (χ2v) is 6.79. The molecule has 1 aliphatic carbocycles. The predicted octanol–water partition coefficient (Wildman–Crippen LogP) is 2.28. The lowest BCUT2D eigenvalue weighted by Crippen LogP contribution is -2.46. The van der Waals surface area contributed by atoms with E-state index in [-0.39, 0.29) is 29.9 Å². The summed E-state index contributed by atoms with van der Waals surface area (Å²) in [4.78, 5) is 26.2. The molecule has 1 aromatic carbocycles. The topological polar surface area (TPSA) is 58.6 Å². The molecule has 2 amide bonds. The number of rotatable bonds is 6. The summed E-state index contributed by atoms with van der Waals surface area (Å²) in [5.74, 6) is 0.507. The normalized spacial score (nSPS) is 23.8. The number of nitrogens with one attached hydrogen (secondary N) is 1. The van der Waals surface area contributed by atoms with E-state index in [9.17, 15) is 9.59 Å². The molecule has 130 valence electrons. The maximum Gasteiger partial charge on any atom is 0.223 e. The van der Waals surface area contributed by atoms with E-state index in [1.807, 2.05) is 42.2 Å².